The molecule has 2 aliphatic heterocycles. The lowest BCUT2D eigenvalue weighted by Crippen LogP contribution is -2.36. The average Bonchev–Trinajstić information content (AvgIpc) is 3.79. The lowest BCUT2D eigenvalue weighted by Gasteiger charge is -2.36. The van der Waals surface area contributed by atoms with Gasteiger partial charge in [-0.2, -0.15) is 13.2 Å². The molecule has 0 aromatic heterocycles. The number of benzene rings is 5. The van der Waals surface area contributed by atoms with Crippen LogP contribution in [-0.4, -0.2) is 70.8 Å². The van der Waals surface area contributed by atoms with E-state index in [1.807, 2.05) is 83.6 Å². The first kappa shape index (κ1) is 45.4. The molecule has 0 bridgehead atoms. The maximum atomic E-state index is 14.1. The van der Waals surface area contributed by atoms with Crippen molar-refractivity contribution < 1.29 is 39.9 Å². The number of amides is 1. The minimum Gasteiger partial charge on any atom is -0.388 e. The Morgan fingerprint density at radius 2 is 1.55 bits per heavy atom. The number of aliphatic hydroxyl groups is 1. The first-order valence-electron chi connectivity index (χ1n) is 20.2. The molecule has 0 unspecified atom stereocenters. The molecule has 62 heavy (non-hydrogen) atoms. The lowest BCUT2D eigenvalue weighted by atomic mass is 9.84. The SMILES string of the molecule is O=C(NS(=O)(=O)c1ccc(N[C@@H](CSc2ccccc2)C[C@@H]2CCCN2)c(S(=O)(=O)C(F)(F)F)c1)c1ccc(N2CCC([C@@H](O)c3ccccc3-c3ccc(Cl)cc3)CC2)cc1. The monoisotopic (exact) mass is 926 g/mol. The van der Waals surface area contributed by atoms with E-state index in [4.69, 9.17) is 11.6 Å². The van der Waals surface area contributed by atoms with Gasteiger partial charge >= 0.3 is 5.51 Å². The normalized spacial score (nSPS) is 17.4. The number of halogens is 4. The van der Waals surface area contributed by atoms with Gasteiger partial charge in [0.2, 0.25) is 0 Å². The van der Waals surface area contributed by atoms with Crippen molar-refractivity contribution >= 4 is 60.5 Å². The Kier molecular flexibility index (Phi) is 14.2. The molecule has 0 aliphatic carbocycles. The fraction of sp³-hybridized carbons (Fsp3) is 0.311. The number of nitrogens with one attached hydrogen (secondary N) is 3. The molecule has 1 amide bonds. The molecule has 5 aromatic rings. The summed E-state index contributed by atoms with van der Waals surface area (Å²) in [5, 5.41) is 18.5. The summed E-state index contributed by atoms with van der Waals surface area (Å²) < 4.78 is 97.2. The van der Waals surface area contributed by atoms with Crippen molar-refractivity contribution in [2.24, 2.45) is 5.92 Å². The standard InChI is InChI=1S/C45H46ClF3N4O6S3/c46-33-16-12-30(13-17-33)39-10-4-5-11-40(39)43(54)31-22-25-53(26-23-31)36-18-14-32(15-19-36)44(55)52-62(58,59)38-20-21-41(42(28-38)61(56,57)45(47,48)49)51-35(27-34-7-6-24-50-34)29-60-37-8-2-1-3-9-37/h1-5,8-21,28,31,34-35,43,50-51,54H,6-7,22-27,29H2,(H,52,55)/t34-,35+,43+/m0/s1. The van der Waals surface area contributed by atoms with Crippen LogP contribution in [-0.2, 0) is 19.9 Å². The second-order valence-electron chi connectivity index (χ2n) is 15.4. The molecule has 10 nitrogen and oxygen atoms in total. The molecule has 17 heteroatoms. The number of aliphatic hydroxyl groups excluding tert-OH is 1. The molecule has 328 valence electrons. The number of thioether (sulfide) groups is 1. The summed E-state index contributed by atoms with van der Waals surface area (Å²) in [6.45, 7) is 2.01. The van der Waals surface area contributed by atoms with E-state index >= 15 is 0 Å². The largest absolute Gasteiger partial charge is 0.501 e. The van der Waals surface area contributed by atoms with E-state index < -0.39 is 58.9 Å². The third-order valence-corrected chi connectivity index (χ3v) is 15.6. The smallest absolute Gasteiger partial charge is 0.388 e. The van der Waals surface area contributed by atoms with Gasteiger partial charge in [0.25, 0.3) is 25.8 Å². The van der Waals surface area contributed by atoms with Gasteiger partial charge in [0.15, 0.2) is 0 Å². The minimum atomic E-state index is -6.05. The number of rotatable bonds is 15. The lowest BCUT2D eigenvalue weighted by molar-refractivity contribution is -0.0435. The zero-order chi connectivity index (χ0) is 44.1. The van der Waals surface area contributed by atoms with Gasteiger partial charge in [0, 0.05) is 52.1 Å². The minimum absolute atomic E-state index is 0.0132. The number of anilines is 2. The number of sulfonamides is 1. The number of piperidine rings is 1. The summed E-state index contributed by atoms with van der Waals surface area (Å²) in [6.07, 6.45) is 2.91. The number of sulfone groups is 1. The average molecular weight is 928 g/mol. The zero-order valence-corrected chi connectivity index (χ0v) is 36.6. The number of hydrogen-bond acceptors (Lipinski definition) is 10. The zero-order valence-electron chi connectivity index (χ0n) is 33.4. The Bertz CT molecular complexity index is 2550. The maximum Gasteiger partial charge on any atom is 0.501 e. The highest BCUT2D eigenvalue weighted by atomic mass is 35.5. The van der Waals surface area contributed by atoms with E-state index in [-0.39, 0.29) is 17.5 Å². The van der Waals surface area contributed by atoms with Crippen molar-refractivity contribution in [3.63, 3.8) is 0 Å². The molecular weight excluding hydrogens is 881 g/mol. The molecule has 0 radical (unpaired) electrons. The fourth-order valence-corrected chi connectivity index (χ4v) is 11.1. The molecule has 0 saturated carbocycles. The summed E-state index contributed by atoms with van der Waals surface area (Å²) in [4.78, 5) is 14.2. The highest BCUT2D eigenvalue weighted by Crippen LogP contribution is 2.39. The van der Waals surface area contributed by atoms with Crippen molar-refractivity contribution in [1.29, 1.82) is 0 Å². The van der Waals surface area contributed by atoms with E-state index in [0.717, 1.165) is 58.8 Å². The number of carbonyl (C=O) groups excluding carboxylic acids is 1. The van der Waals surface area contributed by atoms with Gasteiger partial charge in [-0.1, -0.05) is 66.2 Å². The van der Waals surface area contributed by atoms with Crippen LogP contribution in [0.3, 0.4) is 0 Å². The van der Waals surface area contributed by atoms with Crippen LogP contribution in [0.4, 0.5) is 24.5 Å². The molecule has 3 atom stereocenters. The van der Waals surface area contributed by atoms with Gasteiger partial charge in [0.05, 0.1) is 16.7 Å². The van der Waals surface area contributed by atoms with Crippen LogP contribution in [0.2, 0.25) is 5.02 Å². The Morgan fingerprint density at radius 1 is 0.871 bits per heavy atom. The van der Waals surface area contributed by atoms with E-state index in [9.17, 15) is 39.9 Å². The van der Waals surface area contributed by atoms with Crippen molar-refractivity contribution in [2.75, 3.05) is 35.6 Å². The van der Waals surface area contributed by atoms with Crippen molar-refractivity contribution in [3.8, 4) is 11.1 Å². The first-order valence-corrected chi connectivity index (χ1v) is 24.5. The van der Waals surface area contributed by atoms with Gasteiger partial charge < -0.3 is 20.6 Å². The predicted molar refractivity (Wildman–Crippen MR) is 238 cm³/mol. The van der Waals surface area contributed by atoms with Crippen molar-refractivity contribution in [2.45, 2.75) is 70.5 Å². The Labute approximate surface area is 369 Å². The van der Waals surface area contributed by atoms with Crippen LogP contribution in [0.1, 0.15) is 54.1 Å². The van der Waals surface area contributed by atoms with Gasteiger partial charge in [-0.3, -0.25) is 4.79 Å². The van der Waals surface area contributed by atoms with Crippen LogP contribution in [0.5, 0.6) is 0 Å². The molecule has 2 fully saturated rings. The second kappa shape index (κ2) is 19.4. The summed E-state index contributed by atoms with van der Waals surface area (Å²) in [5.74, 6) is -0.687. The summed E-state index contributed by atoms with van der Waals surface area (Å²) in [5.41, 5.74) is -2.69. The van der Waals surface area contributed by atoms with Crippen molar-refractivity contribution in [1.82, 2.24) is 10.0 Å². The van der Waals surface area contributed by atoms with Gasteiger partial charge in [0.1, 0.15) is 4.90 Å². The number of carbonyl (C=O) groups is 1. The van der Waals surface area contributed by atoms with Crippen LogP contribution in [0, 0.1) is 5.92 Å². The van der Waals surface area contributed by atoms with Crippen LogP contribution >= 0.6 is 23.4 Å². The number of nitrogens with zero attached hydrogens (tertiary/aromatic N) is 1. The Balaban J connectivity index is 1.02. The third kappa shape index (κ3) is 10.8. The van der Waals surface area contributed by atoms with Crippen LogP contribution in [0.15, 0.2) is 136 Å². The maximum absolute atomic E-state index is 14.1. The quantitative estimate of drug-likeness (QED) is 0.0751. The van der Waals surface area contributed by atoms with E-state index in [0.29, 0.717) is 49.2 Å². The van der Waals surface area contributed by atoms with Gasteiger partial charge in [-0.05, 0) is 128 Å². The molecular formula is C45H46ClF3N4O6S3. The summed E-state index contributed by atoms with van der Waals surface area (Å²) in [6, 6.07) is 32.7. The van der Waals surface area contributed by atoms with E-state index in [1.165, 1.54) is 23.9 Å². The topological polar surface area (TPSA) is 145 Å². The molecule has 7 rings (SSSR count). The molecule has 5 aromatic carbocycles. The van der Waals surface area contributed by atoms with E-state index in [2.05, 4.69) is 15.5 Å². The molecule has 2 heterocycles. The van der Waals surface area contributed by atoms with Crippen LogP contribution in [0.25, 0.3) is 11.1 Å². The molecule has 2 saturated heterocycles. The molecule has 4 N–H and O–H groups in total. The summed E-state index contributed by atoms with van der Waals surface area (Å²) >= 11 is 7.55. The highest BCUT2D eigenvalue weighted by molar-refractivity contribution is 7.99. The highest BCUT2D eigenvalue weighted by Gasteiger charge is 2.48. The predicted octanol–water partition coefficient (Wildman–Crippen LogP) is 9.08. The molecule has 2 aliphatic rings. The van der Waals surface area contributed by atoms with Crippen LogP contribution < -0.4 is 20.3 Å². The third-order valence-electron chi connectivity index (χ3n) is 11.3. The van der Waals surface area contributed by atoms with Gasteiger partial charge in [-0.15, -0.1) is 11.8 Å². The van der Waals surface area contributed by atoms with Gasteiger partial charge in [-0.25, -0.2) is 21.6 Å². The second-order valence-corrected chi connectivity index (χ2v) is 20.6. The van der Waals surface area contributed by atoms with E-state index in [1.54, 1.807) is 12.1 Å². The van der Waals surface area contributed by atoms with Crippen molar-refractivity contribution in [3.05, 3.63) is 137 Å². The summed E-state index contributed by atoms with van der Waals surface area (Å²) in [7, 11) is -10.9. The number of alkyl halides is 3. The molecule has 0 spiro atoms. The number of hydrogen-bond donors (Lipinski definition) is 4. The Hall–Kier alpha value is -4.58. The fourth-order valence-electron chi connectivity index (χ4n) is 7.98. The Morgan fingerprint density at radius 3 is 2.21 bits per heavy atom. The first-order chi connectivity index (χ1) is 29.6.